The summed E-state index contributed by atoms with van der Waals surface area (Å²) in [6, 6.07) is 24.1. The van der Waals surface area contributed by atoms with E-state index in [1.54, 1.807) is 12.1 Å². The van der Waals surface area contributed by atoms with Crippen LogP contribution in [0.25, 0.3) is 0 Å². The number of amides is 2. The van der Waals surface area contributed by atoms with Gasteiger partial charge in [-0.15, -0.1) is 0 Å². The van der Waals surface area contributed by atoms with E-state index in [0.717, 1.165) is 15.4 Å². The Morgan fingerprint density at radius 2 is 1.48 bits per heavy atom. The van der Waals surface area contributed by atoms with Crippen molar-refractivity contribution in [1.82, 2.24) is 10.2 Å². The molecule has 0 radical (unpaired) electrons. The molecule has 46 heavy (non-hydrogen) atoms. The van der Waals surface area contributed by atoms with Crippen LogP contribution in [0.5, 0.6) is 0 Å². The molecule has 0 unspecified atom stereocenters. The number of sulfonamides is 1. The summed E-state index contributed by atoms with van der Waals surface area (Å²) in [6.07, 6.45) is 0.817. The highest BCUT2D eigenvalue weighted by atomic mass is 35.5. The summed E-state index contributed by atoms with van der Waals surface area (Å²) in [6.45, 7) is 4.87. The molecule has 2 atom stereocenters. The summed E-state index contributed by atoms with van der Waals surface area (Å²) in [5.41, 5.74) is 2.29. The normalized spacial score (nSPS) is 12.7. The van der Waals surface area contributed by atoms with Gasteiger partial charge in [-0.2, -0.15) is 0 Å². The molecule has 0 spiro atoms. The fourth-order valence-electron chi connectivity index (χ4n) is 4.83. The number of halogens is 3. The van der Waals surface area contributed by atoms with E-state index in [1.807, 2.05) is 51.1 Å². The minimum absolute atomic E-state index is 0.0394. The fourth-order valence-corrected chi connectivity index (χ4v) is 6.74. The first-order chi connectivity index (χ1) is 21.9. The smallest absolute Gasteiger partial charge is 0.264 e. The minimum Gasteiger partial charge on any atom is -0.352 e. The van der Waals surface area contributed by atoms with E-state index in [4.69, 9.17) is 23.2 Å². The molecule has 4 aromatic carbocycles. The van der Waals surface area contributed by atoms with Crippen molar-refractivity contribution < 1.29 is 22.4 Å². The largest absolute Gasteiger partial charge is 0.352 e. The molecule has 0 aliphatic carbocycles. The van der Waals surface area contributed by atoms with E-state index in [0.29, 0.717) is 12.0 Å². The number of hydrogen-bond acceptors (Lipinski definition) is 4. The van der Waals surface area contributed by atoms with Crippen molar-refractivity contribution in [1.29, 1.82) is 0 Å². The summed E-state index contributed by atoms with van der Waals surface area (Å²) < 4.78 is 43.1. The number of anilines is 1. The van der Waals surface area contributed by atoms with Crippen molar-refractivity contribution >= 4 is 50.7 Å². The van der Waals surface area contributed by atoms with Crippen molar-refractivity contribution in [2.45, 2.75) is 57.1 Å². The molecule has 0 fully saturated rings. The third kappa shape index (κ3) is 9.09. The molecular weight excluding hydrogens is 648 g/mol. The summed E-state index contributed by atoms with van der Waals surface area (Å²) in [5, 5.41) is 3.34. The van der Waals surface area contributed by atoms with Crippen LogP contribution in [-0.2, 0) is 32.6 Å². The summed E-state index contributed by atoms with van der Waals surface area (Å²) in [7, 11) is -4.32. The maximum Gasteiger partial charge on any atom is 0.264 e. The molecule has 0 aromatic heterocycles. The van der Waals surface area contributed by atoms with Crippen LogP contribution in [0.3, 0.4) is 0 Å². The fraction of sp³-hybridized carbons (Fsp3) is 0.257. The van der Waals surface area contributed by atoms with Crippen LogP contribution >= 0.6 is 23.2 Å². The van der Waals surface area contributed by atoms with Crippen molar-refractivity contribution in [2.24, 2.45) is 0 Å². The van der Waals surface area contributed by atoms with Gasteiger partial charge in [0, 0.05) is 29.1 Å². The Labute approximate surface area is 280 Å². The van der Waals surface area contributed by atoms with Gasteiger partial charge in [0.2, 0.25) is 11.8 Å². The Kier molecular flexibility index (Phi) is 11.8. The number of nitrogens with zero attached hydrogens (tertiary/aromatic N) is 2. The lowest BCUT2D eigenvalue weighted by Crippen LogP contribution is -2.54. The van der Waals surface area contributed by atoms with Crippen LogP contribution in [0.2, 0.25) is 10.0 Å². The van der Waals surface area contributed by atoms with E-state index in [-0.39, 0.29) is 39.6 Å². The molecule has 0 bridgehead atoms. The quantitative estimate of drug-likeness (QED) is 0.162. The van der Waals surface area contributed by atoms with E-state index >= 15 is 0 Å². The molecule has 11 heteroatoms. The highest BCUT2D eigenvalue weighted by Gasteiger charge is 2.35. The number of carbonyl (C=O) groups is 2. The minimum atomic E-state index is -4.32. The first-order valence-electron chi connectivity index (χ1n) is 14.8. The second-order valence-corrected chi connectivity index (χ2v) is 13.9. The standard InChI is InChI=1S/C35H36Cl2FN3O4S/c1-4-25(3)39-35(43)33(18-26-8-6-5-7-9-26)40(22-27-12-14-30(38)15-13-27)34(42)23-41(31-20-28(36)19-29(37)21-31)46(44,45)32-16-10-24(2)11-17-32/h5-17,19-21,25,33H,4,18,22-23H2,1-3H3,(H,39,43)/t25-,33-/m0/s1. The van der Waals surface area contributed by atoms with Gasteiger partial charge in [-0.3, -0.25) is 13.9 Å². The van der Waals surface area contributed by atoms with Crippen molar-refractivity contribution in [3.05, 3.63) is 130 Å². The average molecular weight is 685 g/mol. The van der Waals surface area contributed by atoms with Crippen LogP contribution in [0.15, 0.2) is 102 Å². The zero-order valence-corrected chi connectivity index (χ0v) is 28.1. The van der Waals surface area contributed by atoms with Gasteiger partial charge in [0.25, 0.3) is 10.0 Å². The zero-order valence-electron chi connectivity index (χ0n) is 25.8. The van der Waals surface area contributed by atoms with E-state index in [1.165, 1.54) is 59.5 Å². The maximum absolute atomic E-state index is 14.5. The van der Waals surface area contributed by atoms with Crippen molar-refractivity contribution in [2.75, 3.05) is 10.8 Å². The molecule has 0 heterocycles. The first kappa shape index (κ1) is 34.9. The summed E-state index contributed by atoms with van der Waals surface area (Å²) in [4.78, 5) is 29.7. The van der Waals surface area contributed by atoms with Gasteiger partial charge in [-0.25, -0.2) is 12.8 Å². The average Bonchev–Trinajstić information content (AvgIpc) is 3.02. The Morgan fingerprint density at radius 3 is 2.07 bits per heavy atom. The maximum atomic E-state index is 14.5. The zero-order chi connectivity index (χ0) is 33.4. The molecule has 7 nitrogen and oxygen atoms in total. The van der Waals surface area contributed by atoms with Gasteiger partial charge in [0.05, 0.1) is 10.6 Å². The lowest BCUT2D eigenvalue weighted by Gasteiger charge is -2.34. The number of hydrogen-bond donors (Lipinski definition) is 1. The Balaban J connectivity index is 1.83. The van der Waals surface area contributed by atoms with Gasteiger partial charge >= 0.3 is 0 Å². The van der Waals surface area contributed by atoms with Crippen LogP contribution < -0.4 is 9.62 Å². The second-order valence-electron chi connectivity index (χ2n) is 11.1. The van der Waals surface area contributed by atoms with Crippen LogP contribution in [0.4, 0.5) is 10.1 Å². The predicted octanol–water partition coefficient (Wildman–Crippen LogP) is 7.19. The molecule has 1 N–H and O–H groups in total. The van der Waals surface area contributed by atoms with Crippen LogP contribution in [0.1, 0.15) is 37.0 Å². The second kappa shape index (κ2) is 15.6. The van der Waals surface area contributed by atoms with Gasteiger partial charge in [0.1, 0.15) is 18.4 Å². The van der Waals surface area contributed by atoms with Gasteiger partial charge < -0.3 is 10.2 Å². The van der Waals surface area contributed by atoms with Gasteiger partial charge in [0.15, 0.2) is 0 Å². The van der Waals surface area contributed by atoms with E-state index in [9.17, 15) is 22.4 Å². The topological polar surface area (TPSA) is 86.8 Å². The first-order valence-corrected chi connectivity index (χ1v) is 17.0. The van der Waals surface area contributed by atoms with Crippen molar-refractivity contribution in [3.63, 3.8) is 0 Å². The molecule has 2 amide bonds. The molecule has 0 saturated heterocycles. The molecule has 4 rings (SSSR count). The van der Waals surface area contributed by atoms with Gasteiger partial charge in [-0.05, 0) is 73.9 Å². The molecule has 242 valence electrons. The number of aryl methyl sites for hydroxylation is 1. The van der Waals surface area contributed by atoms with Gasteiger partial charge in [-0.1, -0.05) is 90.3 Å². The van der Waals surface area contributed by atoms with E-state index < -0.39 is 40.2 Å². The Morgan fingerprint density at radius 1 is 0.870 bits per heavy atom. The SMILES string of the molecule is CC[C@H](C)NC(=O)[C@H](Cc1ccccc1)N(Cc1ccc(F)cc1)C(=O)CN(c1cc(Cl)cc(Cl)c1)S(=O)(=O)c1ccc(C)cc1. The summed E-state index contributed by atoms with van der Waals surface area (Å²) >= 11 is 12.6. The predicted molar refractivity (Wildman–Crippen MR) is 181 cm³/mol. The lowest BCUT2D eigenvalue weighted by molar-refractivity contribution is -0.140. The molecule has 4 aromatic rings. The number of nitrogens with one attached hydrogen (secondary N) is 1. The number of rotatable bonds is 13. The summed E-state index contributed by atoms with van der Waals surface area (Å²) in [5.74, 6) is -1.51. The monoisotopic (exact) mass is 683 g/mol. The highest BCUT2D eigenvalue weighted by molar-refractivity contribution is 7.92. The highest BCUT2D eigenvalue weighted by Crippen LogP contribution is 2.30. The molecular formula is C35H36Cl2FN3O4S. The Hall–Kier alpha value is -3.92. The third-order valence-corrected chi connectivity index (χ3v) is 9.79. The number of carbonyl (C=O) groups excluding carboxylic acids is 2. The molecule has 0 aliphatic rings. The Bertz CT molecular complexity index is 1740. The van der Waals surface area contributed by atoms with Crippen LogP contribution in [-0.4, -0.2) is 43.8 Å². The van der Waals surface area contributed by atoms with Crippen LogP contribution in [0, 0.1) is 12.7 Å². The third-order valence-electron chi connectivity index (χ3n) is 7.56. The van der Waals surface area contributed by atoms with E-state index in [2.05, 4.69) is 5.32 Å². The van der Waals surface area contributed by atoms with Crippen molar-refractivity contribution in [3.8, 4) is 0 Å². The lowest BCUT2D eigenvalue weighted by atomic mass is 10.0. The molecule has 0 aliphatic heterocycles. The number of benzene rings is 4. The molecule has 0 saturated carbocycles.